The average Bonchev–Trinajstić information content (AvgIpc) is 2.80. The minimum atomic E-state index is -0.561. The van der Waals surface area contributed by atoms with Crippen LogP contribution in [0.2, 0.25) is 0 Å². The number of nitrogens with zero attached hydrogens (tertiary/aromatic N) is 4. The van der Waals surface area contributed by atoms with E-state index in [1.54, 1.807) is 6.07 Å². The summed E-state index contributed by atoms with van der Waals surface area (Å²) in [5, 5.41) is 0.196. The molecule has 0 aliphatic carbocycles. The zero-order valence-corrected chi connectivity index (χ0v) is 21.3. The molecular formula is C27H35N5O3. The number of nitrogens with one attached hydrogen (secondary N) is 1. The van der Waals surface area contributed by atoms with Crippen molar-refractivity contribution in [2.75, 3.05) is 26.2 Å². The number of amides is 1. The van der Waals surface area contributed by atoms with Crippen molar-refractivity contribution in [1.29, 1.82) is 0 Å². The van der Waals surface area contributed by atoms with Crippen molar-refractivity contribution >= 4 is 16.9 Å². The third-order valence-corrected chi connectivity index (χ3v) is 6.49. The second-order valence-electron chi connectivity index (χ2n) is 10.3. The number of carbonyl (C=O) groups excluding carboxylic acids is 1. The van der Waals surface area contributed by atoms with Crippen molar-refractivity contribution < 1.29 is 4.79 Å². The van der Waals surface area contributed by atoms with Crippen molar-refractivity contribution in [3.63, 3.8) is 0 Å². The molecule has 1 N–H and O–H groups in total. The summed E-state index contributed by atoms with van der Waals surface area (Å²) in [4.78, 5) is 50.5. The molecule has 0 spiro atoms. The largest absolute Gasteiger partial charge is 0.336 e. The van der Waals surface area contributed by atoms with Crippen LogP contribution in [0, 0.1) is 12.8 Å². The van der Waals surface area contributed by atoms with Gasteiger partial charge >= 0.3 is 5.69 Å². The molecule has 0 saturated carbocycles. The fourth-order valence-electron chi connectivity index (χ4n) is 4.64. The van der Waals surface area contributed by atoms with Crippen LogP contribution in [0.5, 0.6) is 0 Å². The number of aromatic nitrogens is 3. The topological polar surface area (TPSA) is 91.3 Å². The summed E-state index contributed by atoms with van der Waals surface area (Å²) in [5.41, 5.74) is 2.76. The predicted molar refractivity (Wildman–Crippen MR) is 138 cm³/mol. The number of carbonyl (C=O) groups is 1. The summed E-state index contributed by atoms with van der Waals surface area (Å²) < 4.78 is 1.49. The van der Waals surface area contributed by atoms with Gasteiger partial charge in [0.2, 0.25) is 0 Å². The van der Waals surface area contributed by atoms with Gasteiger partial charge < -0.3 is 4.90 Å². The van der Waals surface area contributed by atoms with E-state index in [2.05, 4.69) is 46.1 Å². The van der Waals surface area contributed by atoms with Gasteiger partial charge in [0.25, 0.3) is 11.5 Å². The summed E-state index contributed by atoms with van der Waals surface area (Å²) in [5.74, 6) is 0.0284. The van der Waals surface area contributed by atoms with Crippen LogP contribution in [0.1, 0.15) is 60.8 Å². The van der Waals surface area contributed by atoms with Crippen molar-refractivity contribution in [3.8, 4) is 0 Å². The van der Waals surface area contributed by atoms with E-state index >= 15 is 0 Å². The Morgan fingerprint density at radius 2 is 1.77 bits per heavy atom. The summed E-state index contributed by atoms with van der Waals surface area (Å²) in [7, 11) is 0. The van der Waals surface area contributed by atoms with Gasteiger partial charge in [0.1, 0.15) is 0 Å². The first kappa shape index (κ1) is 24.9. The highest BCUT2D eigenvalue weighted by molar-refractivity contribution is 6.05. The molecule has 35 heavy (non-hydrogen) atoms. The van der Waals surface area contributed by atoms with E-state index in [0.29, 0.717) is 36.5 Å². The number of hydrogen-bond donors (Lipinski definition) is 1. The number of H-pyrrole nitrogens is 1. The fraction of sp³-hybridized carbons (Fsp3) is 0.481. The molecule has 0 bridgehead atoms. The Kier molecular flexibility index (Phi) is 7.21. The Morgan fingerprint density at radius 3 is 2.40 bits per heavy atom. The first-order chi connectivity index (χ1) is 16.6. The molecule has 1 saturated heterocycles. The molecule has 1 aromatic carbocycles. The van der Waals surface area contributed by atoms with E-state index < -0.39 is 11.2 Å². The lowest BCUT2D eigenvalue weighted by Crippen LogP contribution is -2.48. The standard InChI is InChI=1S/C27H35N5O3/c1-17(2)15-32-24-23(25(33)29-27(32)35)21(14-22(28-24)18(3)4)26(34)31-11-9-30(10-12-31)16-20-8-6-7-19(5)13-20/h6-8,13-14,17-18H,9-12,15-16H2,1-5H3,(H,29,33,35). The van der Waals surface area contributed by atoms with Gasteiger partial charge in [-0.15, -0.1) is 0 Å². The lowest BCUT2D eigenvalue weighted by Gasteiger charge is -2.35. The third kappa shape index (κ3) is 5.37. The molecule has 0 unspecified atom stereocenters. The highest BCUT2D eigenvalue weighted by Gasteiger charge is 2.27. The zero-order valence-electron chi connectivity index (χ0n) is 21.3. The molecule has 3 aromatic rings. The van der Waals surface area contributed by atoms with Gasteiger partial charge in [-0.05, 0) is 30.4 Å². The summed E-state index contributed by atoms with van der Waals surface area (Å²) in [6.07, 6.45) is 0. The molecule has 8 heteroatoms. The molecular weight excluding hydrogens is 442 g/mol. The van der Waals surface area contributed by atoms with Crippen LogP contribution in [-0.4, -0.2) is 56.4 Å². The van der Waals surface area contributed by atoms with Crippen LogP contribution in [0.4, 0.5) is 0 Å². The van der Waals surface area contributed by atoms with E-state index in [9.17, 15) is 14.4 Å². The molecule has 2 aromatic heterocycles. The minimum Gasteiger partial charge on any atom is -0.336 e. The number of aryl methyl sites for hydroxylation is 1. The molecule has 4 rings (SSSR count). The lowest BCUT2D eigenvalue weighted by molar-refractivity contribution is 0.0630. The maximum atomic E-state index is 13.7. The van der Waals surface area contributed by atoms with Crippen molar-refractivity contribution in [3.05, 3.63) is 73.6 Å². The lowest BCUT2D eigenvalue weighted by atomic mass is 10.0. The Bertz CT molecular complexity index is 1350. The number of rotatable bonds is 6. The van der Waals surface area contributed by atoms with Crippen LogP contribution in [0.25, 0.3) is 11.0 Å². The summed E-state index contributed by atoms with van der Waals surface area (Å²) in [6.45, 7) is 14.0. The highest BCUT2D eigenvalue weighted by Crippen LogP contribution is 2.22. The SMILES string of the molecule is Cc1cccc(CN2CCN(C(=O)c3cc(C(C)C)nc4c3c(=O)[nH]c(=O)n4CC(C)C)CC2)c1. The number of hydrogen-bond acceptors (Lipinski definition) is 5. The van der Waals surface area contributed by atoms with Gasteiger partial charge in [0.15, 0.2) is 5.65 Å². The quantitative estimate of drug-likeness (QED) is 0.589. The number of pyridine rings is 1. The van der Waals surface area contributed by atoms with Crippen molar-refractivity contribution in [2.45, 2.75) is 53.6 Å². The maximum Gasteiger partial charge on any atom is 0.330 e. The van der Waals surface area contributed by atoms with Gasteiger partial charge in [0, 0.05) is 45.0 Å². The van der Waals surface area contributed by atoms with E-state index in [1.165, 1.54) is 15.7 Å². The maximum absolute atomic E-state index is 13.7. The number of aromatic amines is 1. The molecule has 1 fully saturated rings. The van der Waals surface area contributed by atoms with Gasteiger partial charge in [-0.2, -0.15) is 0 Å². The third-order valence-electron chi connectivity index (χ3n) is 6.49. The van der Waals surface area contributed by atoms with E-state index in [1.807, 2.05) is 32.6 Å². The molecule has 0 atom stereocenters. The number of fused-ring (bicyclic) bond motifs is 1. The van der Waals surface area contributed by atoms with Gasteiger partial charge in [-0.1, -0.05) is 57.5 Å². The second-order valence-corrected chi connectivity index (χ2v) is 10.3. The Hall–Kier alpha value is -3.26. The number of piperazine rings is 1. The normalized spacial score (nSPS) is 14.9. The summed E-state index contributed by atoms with van der Waals surface area (Å²) >= 11 is 0. The highest BCUT2D eigenvalue weighted by atomic mass is 16.2. The molecule has 1 aliphatic heterocycles. The predicted octanol–water partition coefficient (Wildman–Crippen LogP) is 3.13. The molecule has 0 radical (unpaired) electrons. The Balaban J connectivity index is 1.65. The van der Waals surface area contributed by atoms with E-state index in [-0.39, 0.29) is 23.1 Å². The molecule has 186 valence electrons. The van der Waals surface area contributed by atoms with E-state index in [4.69, 9.17) is 0 Å². The molecule has 8 nitrogen and oxygen atoms in total. The Labute approximate surface area is 205 Å². The molecule has 1 aliphatic rings. The zero-order chi connectivity index (χ0) is 25.3. The summed E-state index contributed by atoms with van der Waals surface area (Å²) in [6, 6.07) is 10.2. The first-order valence-electron chi connectivity index (χ1n) is 12.4. The van der Waals surface area contributed by atoms with Crippen LogP contribution < -0.4 is 11.2 Å². The van der Waals surface area contributed by atoms with Crippen LogP contribution in [0.3, 0.4) is 0 Å². The monoisotopic (exact) mass is 477 g/mol. The second kappa shape index (κ2) is 10.2. The van der Waals surface area contributed by atoms with Crippen molar-refractivity contribution in [2.24, 2.45) is 5.92 Å². The number of benzene rings is 1. The first-order valence-corrected chi connectivity index (χ1v) is 12.4. The smallest absolute Gasteiger partial charge is 0.330 e. The average molecular weight is 478 g/mol. The van der Waals surface area contributed by atoms with Gasteiger partial charge in [-0.3, -0.25) is 24.0 Å². The van der Waals surface area contributed by atoms with Crippen LogP contribution in [0.15, 0.2) is 39.9 Å². The van der Waals surface area contributed by atoms with Gasteiger partial charge in [0.05, 0.1) is 10.9 Å². The van der Waals surface area contributed by atoms with Crippen LogP contribution in [-0.2, 0) is 13.1 Å². The van der Waals surface area contributed by atoms with E-state index in [0.717, 1.165) is 19.6 Å². The molecule has 3 heterocycles. The molecule has 1 amide bonds. The Morgan fingerprint density at radius 1 is 1.06 bits per heavy atom. The van der Waals surface area contributed by atoms with Crippen molar-refractivity contribution in [1.82, 2.24) is 24.3 Å². The minimum absolute atomic E-state index is 0.0408. The fourth-order valence-corrected chi connectivity index (χ4v) is 4.64. The van der Waals surface area contributed by atoms with Gasteiger partial charge in [-0.25, -0.2) is 9.78 Å². The van der Waals surface area contributed by atoms with Crippen LogP contribution >= 0.6 is 0 Å².